The maximum absolute atomic E-state index is 13.0. The molecule has 6 heteroatoms. The third kappa shape index (κ3) is 4.03. The van der Waals surface area contributed by atoms with Crippen LogP contribution < -0.4 is 4.90 Å². The fraction of sp³-hybridized carbons (Fsp3) is 0.462. The molecule has 1 aromatic rings. The molecule has 0 fully saturated rings. The summed E-state index contributed by atoms with van der Waals surface area (Å²) in [4.78, 5) is 1.55. The van der Waals surface area contributed by atoms with Crippen LogP contribution in [0, 0.1) is 11.3 Å². The van der Waals surface area contributed by atoms with Gasteiger partial charge in [0.05, 0.1) is 18.1 Å². The molecule has 0 N–H and O–H groups in total. The van der Waals surface area contributed by atoms with Crippen molar-refractivity contribution in [2.45, 2.75) is 25.4 Å². The molecule has 0 heterocycles. The number of hydrogen-bond donors (Lipinski definition) is 0. The predicted molar refractivity (Wildman–Crippen MR) is 69.1 cm³/mol. The summed E-state index contributed by atoms with van der Waals surface area (Å²) < 4.78 is 39.1. The SMILES string of the molecule is CCN(CCC#N)c1ccc(CCl)cc1C(F)(F)F. The zero-order chi connectivity index (χ0) is 14.5. The molecule has 0 saturated carbocycles. The van der Waals surface area contributed by atoms with Crippen LogP contribution in [0.1, 0.15) is 24.5 Å². The van der Waals surface area contributed by atoms with Crippen molar-refractivity contribution in [2.24, 2.45) is 0 Å². The third-order valence-corrected chi connectivity index (χ3v) is 3.05. The fourth-order valence-electron chi connectivity index (χ4n) is 1.80. The number of hydrogen-bond acceptors (Lipinski definition) is 2. The number of alkyl halides is 4. The standard InChI is InChI=1S/C13H14ClF3N2/c1-2-19(7-3-6-18)12-5-4-10(9-14)8-11(12)13(15,16)17/h4-5,8H,2-3,7,9H2,1H3. The van der Waals surface area contributed by atoms with Crippen LogP contribution in [0.15, 0.2) is 18.2 Å². The van der Waals surface area contributed by atoms with Crippen molar-refractivity contribution in [2.75, 3.05) is 18.0 Å². The first-order chi connectivity index (χ1) is 8.93. The lowest BCUT2D eigenvalue weighted by molar-refractivity contribution is -0.137. The number of nitrogens with zero attached hydrogens (tertiary/aromatic N) is 2. The Hall–Kier alpha value is -1.41. The molecule has 0 bridgehead atoms. The van der Waals surface area contributed by atoms with Crippen LogP contribution in [0.4, 0.5) is 18.9 Å². The Bertz CT molecular complexity index is 466. The highest BCUT2D eigenvalue weighted by atomic mass is 35.5. The van der Waals surface area contributed by atoms with E-state index in [9.17, 15) is 13.2 Å². The molecule has 0 amide bonds. The lowest BCUT2D eigenvalue weighted by Crippen LogP contribution is -2.26. The van der Waals surface area contributed by atoms with Gasteiger partial charge in [0.1, 0.15) is 0 Å². The van der Waals surface area contributed by atoms with Gasteiger partial charge in [-0.3, -0.25) is 0 Å². The van der Waals surface area contributed by atoms with Crippen molar-refractivity contribution in [1.82, 2.24) is 0 Å². The number of rotatable bonds is 5. The molecule has 0 saturated heterocycles. The number of benzene rings is 1. The first kappa shape index (κ1) is 15.6. The second-order valence-electron chi connectivity index (χ2n) is 3.97. The summed E-state index contributed by atoms with van der Waals surface area (Å²) in [7, 11) is 0. The smallest absolute Gasteiger partial charge is 0.370 e. The molecule has 1 rings (SSSR count). The van der Waals surface area contributed by atoms with Crippen molar-refractivity contribution < 1.29 is 13.2 Å². The zero-order valence-electron chi connectivity index (χ0n) is 10.5. The highest BCUT2D eigenvalue weighted by molar-refractivity contribution is 6.17. The zero-order valence-corrected chi connectivity index (χ0v) is 11.2. The number of anilines is 1. The summed E-state index contributed by atoms with van der Waals surface area (Å²) in [5, 5.41) is 8.55. The van der Waals surface area contributed by atoms with E-state index in [1.807, 2.05) is 6.07 Å². The molecule has 0 aliphatic rings. The molecule has 0 atom stereocenters. The topological polar surface area (TPSA) is 27.0 Å². The summed E-state index contributed by atoms with van der Waals surface area (Å²) in [5.74, 6) is 0.0354. The molecule has 0 aromatic heterocycles. The van der Waals surface area contributed by atoms with E-state index in [1.165, 1.54) is 6.07 Å². The van der Waals surface area contributed by atoms with E-state index < -0.39 is 11.7 Å². The molecular weight excluding hydrogens is 277 g/mol. The second kappa shape index (κ2) is 6.67. The summed E-state index contributed by atoms with van der Waals surface area (Å²) >= 11 is 5.57. The monoisotopic (exact) mass is 290 g/mol. The van der Waals surface area contributed by atoms with Crippen LogP contribution in [0.3, 0.4) is 0 Å². The molecule has 0 unspecified atom stereocenters. The largest absolute Gasteiger partial charge is 0.418 e. The van der Waals surface area contributed by atoms with Gasteiger partial charge in [0.25, 0.3) is 0 Å². The van der Waals surface area contributed by atoms with Crippen LogP contribution in [0.25, 0.3) is 0 Å². The molecule has 19 heavy (non-hydrogen) atoms. The Morgan fingerprint density at radius 1 is 1.37 bits per heavy atom. The van der Waals surface area contributed by atoms with Crippen molar-refractivity contribution in [3.8, 4) is 6.07 Å². The molecular formula is C13H14ClF3N2. The van der Waals surface area contributed by atoms with Gasteiger partial charge in [0.2, 0.25) is 0 Å². The Kier molecular flexibility index (Phi) is 5.49. The average molecular weight is 291 g/mol. The number of halogens is 4. The van der Waals surface area contributed by atoms with E-state index in [-0.39, 0.29) is 24.5 Å². The molecule has 1 aromatic carbocycles. The van der Waals surface area contributed by atoms with E-state index in [0.29, 0.717) is 12.1 Å². The lowest BCUT2D eigenvalue weighted by atomic mass is 10.1. The highest BCUT2D eigenvalue weighted by Crippen LogP contribution is 2.37. The Morgan fingerprint density at radius 3 is 2.53 bits per heavy atom. The maximum atomic E-state index is 13.0. The molecule has 0 aliphatic heterocycles. The quantitative estimate of drug-likeness (QED) is 0.761. The minimum atomic E-state index is -4.43. The van der Waals surface area contributed by atoms with E-state index in [4.69, 9.17) is 16.9 Å². The van der Waals surface area contributed by atoms with Gasteiger partial charge in [-0.1, -0.05) is 6.07 Å². The maximum Gasteiger partial charge on any atom is 0.418 e. The first-order valence-electron chi connectivity index (χ1n) is 5.82. The van der Waals surface area contributed by atoms with Crippen LogP contribution in [-0.2, 0) is 12.1 Å². The van der Waals surface area contributed by atoms with Crippen LogP contribution >= 0.6 is 11.6 Å². The second-order valence-corrected chi connectivity index (χ2v) is 4.24. The van der Waals surface area contributed by atoms with Gasteiger partial charge in [-0.25, -0.2) is 0 Å². The van der Waals surface area contributed by atoms with Gasteiger partial charge < -0.3 is 4.90 Å². The minimum absolute atomic E-state index is 0.0354. The Morgan fingerprint density at radius 2 is 2.05 bits per heavy atom. The van der Waals surface area contributed by atoms with Gasteiger partial charge in [-0.2, -0.15) is 18.4 Å². The van der Waals surface area contributed by atoms with E-state index >= 15 is 0 Å². The number of nitriles is 1. The highest BCUT2D eigenvalue weighted by Gasteiger charge is 2.34. The van der Waals surface area contributed by atoms with Crippen molar-refractivity contribution in [1.29, 1.82) is 5.26 Å². The summed E-state index contributed by atoms with van der Waals surface area (Å²) in [5.41, 5.74) is -0.182. The minimum Gasteiger partial charge on any atom is -0.370 e. The summed E-state index contributed by atoms with van der Waals surface area (Å²) in [6, 6.07) is 6.00. The molecule has 104 valence electrons. The van der Waals surface area contributed by atoms with Crippen molar-refractivity contribution >= 4 is 17.3 Å². The van der Waals surface area contributed by atoms with E-state index in [1.54, 1.807) is 17.9 Å². The Balaban J connectivity index is 3.21. The first-order valence-corrected chi connectivity index (χ1v) is 6.35. The van der Waals surface area contributed by atoms with E-state index in [0.717, 1.165) is 6.07 Å². The van der Waals surface area contributed by atoms with Crippen LogP contribution in [0.5, 0.6) is 0 Å². The van der Waals surface area contributed by atoms with Gasteiger partial charge >= 0.3 is 6.18 Å². The van der Waals surface area contributed by atoms with E-state index in [2.05, 4.69) is 0 Å². The van der Waals surface area contributed by atoms with Crippen LogP contribution in [-0.4, -0.2) is 13.1 Å². The summed E-state index contributed by atoms with van der Waals surface area (Å²) in [6.45, 7) is 2.44. The van der Waals surface area contributed by atoms with Gasteiger partial charge in [0.15, 0.2) is 0 Å². The molecule has 0 spiro atoms. The predicted octanol–water partition coefficient (Wildman–Crippen LogP) is 4.18. The van der Waals surface area contributed by atoms with Crippen molar-refractivity contribution in [3.05, 3.63) is 29.3 Å². The normalized spacial score (nSPS) is 11.2. The fourth-order valence-corrected chi connectivity index (χ4v) is 1.97. The summed E-state index contributed by atoms with van der Waals surface area (Å²) in [6.07, 6.45) is -4.25. The average Bonchev–Trinajstić information content (AvgIpc) is 2.38. The molecule has 0 aliphatic carbocycles. The lowest BCUT2D eigenvalue weighted by Gasteiger charge is -2.26. The van der Waals surface area contributed by atoms with Crippen LogP contribution in [0.2, 0.25) is 0 Å². The van der Waals surface area contributed by atoms with Crippen molar-refractivity contribution in [3.63, 3.8) is 0 Å². The van der Waals surface area contributed by atoms with Gasteiger partial charge in [0, 0.05) is 24.7 Å². The molecule has 2 nitrogen and oxygen atoms in total. The third-order valence-electron chi connectivity index (χ3n) is 2.74. The Labute approximate surface area is 115 Å². The van der Waals surface area contributed by atoms with Gasteiger partial charge in [-0.15, -0.1) is 11.6 Å². The van der Waals surface area contributed by atoms with Gasteiger partial charge in [-0.05, 0) is 24.6 Å². The molecule has 0 radical (unpaired) electrons.